The number of fused-ring (bicyclic) bond motifs is 1. The van der Waals surface area contributed by atoms with Crippen molar-refractivity contribution in [3.63, 3.8) is 0 Å². The summed E-state index contributed by atoms with van der Waals surface area (Å²) < 4.78 is 0. The molecule has 1 unspecified atom stereocenters. The smallest absolute Gasteiger partial charge is 0.282 e. The summed E-state index contributed by atoms with van der Waals surface area (Å²) in [5, 5.41) is 13.4. The number of imide groups is 1. The Balaban J connectivity index is 2.09. The Kier molecular flexibility index (Phi) is 2.62. The highest BCUT2D eigenvalue weighted by molar-refractivity contribution is 6.24. The highest BCUT2D eigenvalue weighted by atomic mass is 16.6. The molecule has 2 heterocycles. The van der Waals surface area contributed by atoms with Crippen molar-refractivity contribution in [3.8, 4) is 0 Å². The summed E-state index contributed by atoms with van der Waals surface area (Å²) >= 11 is 0. The molecule has 8 nitrogen and oxygen atoms in total. The standard InChI is InChI=1S/C13H9N3O5/c1-6-5-9(11(17)14-6)15-12(18)7-3-2-4-8(16(20)21)10(7)13(15)19/h2-4,9H,1,5H2,(H,14,17). The van der Waals surface area contributed by atoms with Crippen LogP contribution in [-0.2, 0) is 4.79 Å². The van der Waals surface area contributed by atoms with Crippen LogP contribution in [0.1, 0.15) is 27.1 Å². The zero-order valence-electron chi connectivity index (χ0n) is 10.7. The molecule has 0 bridgehead atoms. The molecule has 21 heavy (non-hydrogen) atoms. The first-order chi connectivity index (χ1) is 9.91. The maximum atomic E-state index is 12.4. The normalized spacial score (nSPS) is 20.8. The zero-order chi connectivity index (χ0) is 15.3. The fourth-order valence-corrected chi connectivity index (χ4v) is 2.56. The van der Waals surface area contributed by atoms with Gasteiger partial charge in [-0.15, -0.1) is 0 Å². The largest absolute Gasteiger partial charge is 0.328 e. The van der Waals surface area contributed by atoms with E-state index in [1.165, 1.54) is 12.1 Å². The minimum Gasteiger partial charge on any atom is -0.328 e. The second kappa shape index (κ2) is 4.23. The van der Waals surface area contributed by atoms with Crippen molar-refractivity contribution in [2.75, 3.05) is 0 Å². The molecule has 0 aromatic heterocycles. The second-order valence-corrected chi connectivity index (χ2v) is 4.75. The number of hydrogen-bond donors (Lipinski definition) is 1. The van der Waals surface area contributed by atoms with Gasteiger partial charge in [0, 0.05) is 18.2 Å². The number of hydrogen-bond acceptors (Lipinski definition) is 5. The molecule has 1 aromatic carbocycles. The molecule has 8 heteroatoms. The van der Waals surface area contributed by atoms with Gasteiger partial charge in [-0.05, 0) is 6.07 Å². The van der Waals surface area contributed by atoms with Crippen molar-refractivity contribution in [1.29, 1.82) is 0 Å². The monoisotopic (exact) mass is 287 g/mol. The summed E-state index contributed by atoms with van der Waals surface area (Å²) in [5.41, 5.74) is -0.362. The number of amides is 3. The molecule has 3 amide bonds. The Morgan fingerprint density at radius 1 is 1.29 bits per heavy atom. The van der Waals surface area contributed by atoms with E-state index < -0.39 is 34.4 Å². The molecule has 1 atom stereocenters. The van der Waals surface area contributed by atoms with Crippen molar-refractivity contribution >= 4 is 23.4 Å². The number of rotatable bonds is 2. The molecule has 1 saturated heterocycles. The van der Waals surface area contributed by atoms with Gasteiger partial charge >= 0.3 is 0 Å². The van der Waals surface area contributed by atoms with Crippen LogP contribution in [0, 0.1) is 10.1 Å². The van der Waals surface area contributed by atoms with Gasteiger partial charge in [-0.1, -0.05) is 12.6 Å². The quantitative estimate of drug-likeness (QED) is 0.486. The molecular formula is C13H9N3O5. The van der Waals surface area contributed by atoms with Crippen LogP contribution in [0.25, 0.3) is 0 Å². The van der Waals surface area contributed by atoms with Crippen LogP contribution in [0.15, 0.2) is 30.5 Å². The van der Waals surface area contributed by atoms with Crippen LogP contribution in [-0.4, -0.2) is 33.6 Å². The van der Waals surface area contributed by atoms with E-state index >= 15 is 0 Å². The van der Waals surface area contributed by atoms with Crippen LogP contribution in [0.2, 0.25) is 0 Å². The van der Waals surface area contributed by atoms with Gasteiger partial charge in [0.2, 0.25) is 5.91 Å². The van der Waals surface area contributed by atoms with E-state index in [0.29, 0.717) is 5.70 Å². The lowest BCUT2D eigenvalue weighted by molar-refractivity contribution is -0.385. The molecule has 3 rings (SSSR count). The number of benzene rings is 1. The Morgan fingerprint density at radius 2 is 2.00 bits per heavy atom. The molecule has 1 fully saturated rings. The number of nitro groups is 1. The summed E-state index contributed by atoms with van der Waals surface area (Å²) in [4.78, 5) is 47.5. The third-order valence-corrected chi connectivity index (χ3v) is 3.48. The topological polar surface area (TPSA) is 110 Å². The van der Waals surface area contributed by atoms with Crippen LogP contribution in [0.5, 0.6) is 0 Å². The first kappa shape index (κ1) is 13.0. The maximum absolute atomic E-state index is 12.4. The summed E-state index contributed by atoms with van der Waals surface area (Å²) in [7, 11) is 0. The SMILES string of the molecule is C=C1CC(N2C(=O)c3cccc([N+](=O)[O-])c3C2=O)C(=O)N1. The highest BCUT2D eigenvalue weighted by Gasteiger charge is 2.48. The first-order valence-electron chi connectivity index (χ1n) is 6.05. The summed E-state index contributed by atoms with van der Waals surface area (Å²) in [5.74, 6) is -2.04. The highest BCUT2D eigenvalue weighted by Crippen LogP contribution is 2.33. The molecule has 0 aliphatic carbocycles. The molecular weight excluding hydrogens is 278 g/mol. The lowest BCUT2D eigenvalue weighted by Crippen LogP contribution is -2.44. The van der Waals surface area contributed by atoms with Crippen molar-refractivity contribution in [2.24, 2.45) is 0 Å². The maximum Gasteiger partial charge on any atom is 0.282 e. The molecule has 2 aliphatic rings. The number of carbonyl (C=O) groups excluding carboxylic acids is 3. The summed E-state index contributed by atoms with van der Waals surface area (Å²) in [6.45, 7) is 3.58. The van der Waals surface area contributed by atoms with Gasteiger partial charge in [0.05, 0.1) is 10.5 Å². The van der Waals surface area contributed by atoms with E-state index in [4.69, 9.17) is 0 Å². The third-order valence-electron chi connectivity index (χ3n) is 3.48. The summed E-state index contributed by atoms with van der Waals surface area (Å²) in [6.07, 6.45) is 0.109. The third kappa shape index (κ3) is 1.72. The van der Waals surface area contributed by atoms with E-state index in [2.05, 4.69) is 11.9 Å². The van der Waals surface area contributed by atoms with E-state index in [1.54, 1.807) is 0 Å². The van der Waals surface area contributed by atoms with Gasteiger partial charge in [-0.25, -0.2) is 0 Å². The van der Waals surface area contributed by atoms with Gasteiger partial charge in [0.1, 0.15) is 11.6 Å². The van der Waals surface area contributed by atoms with E-state index in [9.17, 15) is 24.5 Å². The average Bonchev–Trinajstić information content (AvgIpc) is 2.88. The minimum absolute atomic E-state index is 0.0560. The lowest BCUT2D eigenvalue weighted by Gasteiger charge is -2.18. The van der Waals surface area contributed by atoms with Gasteiger partial charge in [0.25, 0.3) is 17.5 Å². The van der Waals surface area contributed by atoms with Crippen LogP contribution in [0.3, 0.4) is 0 Å². The van der Waals surface area contributed by atoms with E-state index in [0.717, 1.165) is 11.0 Å². The molecule has 1 aromatic rings. The minimum atomic E-state index is -1.01. The van der Waals surface area contributed by atoms with Crippen molar-refractivity contribution in [2.45, 2.75) is 12.5 Å². The number of nitrogens with zero attached hydrogens (tertiary/aromatic N) is 2. The molecule has 1 N–H and O–H groups in total. The van der Waals surface area contributed by atoms with E-state index in [-0.39, 0.29) is 17.5 Å². The fraction of sp³-hybridized carbons (Fsp3) is 0.154. The van der Waals surface area contributed by atoms with Crippen LogP contribution >= 0.6 is 0 Å². The molecule has 106 valence electrons. The summed E-state index contributed by atoms with van der Waals surface area (Å²) in [6, 6.07) is 2.81. The number of nitrogens with one attached hydrogen (secondary N) is 1. The van der Waals surface area contributed by atoms with Gasteiger partial charge < -0.3 is 5.32 Å². The zero-order valence-corrected chi connectivity index (χ0v) is 10.7. The Bertz CT molecular complexity index is 739. The molecule has 0 spiro atoms. The average molecular weight is 287 g/mol. The first-order valence-corrected chi connectivity index (χ1v) is 6.05. The van der Waals surface area contributed by atoms with Crippen molar-refractivity contribution in [1.82, 2.24) is 10.2 Å². The predicted molar refractivity (Wildman–Crippen MR) is 69.3 cm³/mol. The Morgan fingerprint density at radius 3 is 2.57 bits per heavy atom. The van der Waals surface area contributed by atoms with Crippen LogP contribution < -0.4 is 5.32 Å². The number of carbonyl (C=O) groups is 3. The van der Waals surface area contributed by atoms with Crippen molar-refractivity contribution < 1.29 is 19.3 Å². The predicted octanol–water partition coefficient (Wildman–Crippen LogP) is 0.593. The van der Waals surface area contributed by atoms with Gasteiger partial charge in [-0.2, -0.15) is 0 Å². The molecule has 0 radical (unpaired) electrons. The van der Waals surface area contributed by atoms with E-state index in [1.807, 2.05) is 0 Å². The Hall–Kier alpha value is -3.03. The molecule has 2 aliphatic heterocycles. The molecule has 0 saturated carbocycles. The fourth-order valence-electron chi connectivity index (χ4n) is 2.56. The number of nitro benzene ring substituents is 1. The second-order valence-electron chi connectivity index (χ2n) is 4.75. The lowest BCUT2D eigenvalue weighted by atomic mass is 10.1. The van der Waals surface area contributed by atoms with Crippen molar-refractivity contribution in [3.05, 3.63) is 51.7 Å². The Labute approximate surface area is 118 Å². The van der Waals surface area contributed by atoms with Gasteiger partial charge in [0.15, 0.2) is 0 Å². The van der Waals surface area contributed by atoms with Crippen LogP contribution in [0.4, 0.5) is 5.69 Å². The van der Waals surface area contributed by atoms with Gasteiger partial charge in [-0.3, -0.25) is 29.4 Å².